The number of pyridine rings is 1. The van der Waals surface area contributed by atoms with Crippen LogP contribution in [0.1, 0.15) is 39.0 Å². The van der Waals surface area contributed by atoms with Crippen molar-refractivity contribution in [3.05, 3.63) is 104 Å². The molecule has 0 atom stereocenters. The number of allylic oxidation sites excluding steroid dienone is 1. The summed E-state index contributed by atoms with van der Waals surface area (Å²) in [5.41, 5.74) is 6.80. The normalized spacial score (nSPS) is 11.9. The fourth-order valence-electron chi connectivity index (χ4n) is 3.06. The van der Waals surface area contributed by atoms with E-state index in [4.69, 9.17) is 0 Å². The van der Waals surface area contributed by atoms with Crippen LogP contribution in [0.25, 0.3) is 11.3 Å². The summed E-state index contributed by atoms with van der Waals surface area (Å²) in [5.74, 6) is 1.41. The molecule has 0 aliphatic rings. The predicted molar refractivity (Wildman–Crippen MR) is 153 cm³/mol. The minimum Gasteiger partial charge on any atom is -0.354 e. The molecule has 3 aromatic rings. The Morgan fingerprint density at radius 2 is 1.57 bits per heavy atom. The zero-order valence-electron chi connectivity index (χ0n) is 21.9. The second-order valence-electron chi connectivity index (χ2n) is 9.19. The molecular weight excluding hydrogens is 432 g/mol. The molecule has 184 valence electrons. The summed E-state index contributed by atoms with van der Waals surface area (Å²) in [7, 11) is 1.76. The summed E-state index contributed by atoms with van der Waals surface area (Å²) in [6.07, 6.45) is 6.08. The van der Waals surface area contributed by atoms with Crippen LogP contribution in [-0.2, 0) is 0 Å². The van der Waals surface area contributed by atoms with Crippen molar-refractivity contribution >= 4 is 28.6 Å². The monoisotopic (exact) mass is 470 g/mol. The molecule has 0 amide bonds. The van der Waals surface area contributed by atoms with E-state index >= 15 is 0 Å². The molecule has 6 heteroatoms. The fraction of sp³-hybridized carbons (Fsp3) is 0.241. The second kappa shape index (κ2) is 11.9. The average molecular weight is 471 g/mol. The Morgan fingerprint density at radius 3 is 2.14 bits per heavy atom. The predicted octanol–water partition coefficient (Wildman–Crippen LogP) is 7.02. The third kappa shape index (κ3) is 7.74. The minimum absolute atomic E-state index is 0.0848. The molecule has 0 spiro atoms. The van der Waals surface area contributed by atoms with Gasteiger partial charge in [0.25, 0.3) is 0 Å². The molecule has 0 aliphatic carbocycles. The van der Waals surface area contributed by atoms with Crippen LogP contribution in [0.3, 0.4) is 0 Å². The summed E-state index contributed by atoms with van der Waals surface area (Å²) in [4.78, 5) is 8.95. The van der Waals surface area contributed by atoms with Gasteiger partial charge in [-0.3, -0.25) is 4.99 Å². The lowest BCUT2D eigenvalue weighted by molar-refractivity contribution is 0.504. The maximum atomic E-state index is 4.63. The van der Waals surface area contributed by atoms with E-state index in [0.29, 0.717) is 5.82 Å². The van der Waals surface area contributed by atoms with Crippen molar-refractivity contribution < 1.29 is 0 Å². The highest BCUT2D eigenvalue weighted by Crippen LogP contribution is 2.24. The average Bonchev–Trinajstić information content (AvgIpc) is 3.24. The van der Waals surface area contributed by atoms with Crippen LogP contribution in [0.4, 0.5) is 11.4 Å². The van der Waals surface area contributed by atoms with Crippen molar-refractivity contribution in [1.29, 1.82) is 0 Å². The molecule has 0 saturated carbocycles. The first-order valence-corrected chi connectivity index (χ1v) is 11.5. The van der Waals surface area contributed by atoms with E-state index in [9.17, 15) is 0 Å². The van der Waals surface area contributed by atoms with Gasteiger partial charge in [0.15, 0.2) is 0 Å². The number of aryl methyl sites for hydroxylation is 1. The molecule has 0 aliphatic heterocycles. The number of fused-ring (bicyclic) bond motifs is 1. The molecule has 2 heterocycles. The molecule has 6 nitrogen and oxygen atoms in total. The summed E-state index contributed by atoms with van der Waals surface area (Å²) in [5, 5.41) is 9.83. The Labute approximate surface area is 209 Å². The van der Waals surface area contributed by atoms with E-state index in [2.05, 4.69) is 93.1 Å². The van der Waals surface area contributed by atoms with Crippen LogP contribution in [0.5, 0.6) is 0 Å². The first-order chi connectivity index (χ1) is 16.5. The Morgan fingerprint density at radius 1 is 0.971 bits per heavy atom. The highest BCUT2D eigenvalue weighted by atomic mass is 15.1. The van der Waals surface area contributed by atoms with Crippen molar-refractivity contribution in [2.45, 2.75) is 34.6 Å². The second-order valence-corrected chi connectivity index (χ2v) is 9.19. The molecule has 0 bridgehead atoms. The number of nitrogens with zero attached hydrogens (tertiary/aromatic N) is 3. The van der Waals surface area contributed by atoms with Gasteiger partial charge in [-0.25, -0.2) is 4.98 Å². The Kier molecular flexibility index (Phi) is 9.23. The van der Waals surface area contributed by atoms with Gasteiger partial charge in [0.1, 0.15) is 23.0 Å². The number of anilines is 2. The Hall–Kier alpha value is -4.06. The maximum absolute atomic E-state index is 4.63. The van der Waals surface area contributed by atoms with Crippen molar-refractivity contribution in [3.8, 4) is 0 Å². The van der Waals surface area contributed by atoms with Crippen LogP contribution in [0, 0.1) is 12.3 Å². The van der Waals surface area contributed by atoms with E-state index in [1.807, 2.05) is 53.1 Å². The largest absolute Gasteiger partial charge is 0.354 e. The molecule has 3 rings (SSSR count). The summed E-state index contributed by atoms with van der Waals surface area (Å²) in [6.45, 7) is 24.9. The summed E-state index contributed by atoms with van der Waals surface area (Å²) >= 11 is 0. The standard InChI is InChI=1S/C27H34N6.C2H4/c1-18-9-14-26-32-24(17-33(26)16-18)20(3)29-22-10-12-23(13-11-22)30-21(4)31-25(28-8)15-19(2)27(5,6)7;1-2/h9-17,29-30H,3-4H2,1-2,5-8H3,(H,28,31);1-2H2/b19-15+;. The van der Waals surface area contributed by atoms with Gasteiger partial charge in [0, 0.05) is 30.8 Å². The third-order valence-corrected chi connectivity index (χ3v) is 5.44. The van der Waals surface area contributed by atoms with Gasteiger partial charge in [-0.05, 0) is 61.2 Å². The minimum atomic E-state index is 0.0848. The van der Waals surface area contributed by atoms with E-state index in [1.54, 1.807) is 7.05 Å². The first-order valence-electron chi connectivity index (χ1n) is 11.5. The van der Waals surface area contributed by atoms with E-state index < -0.39 is 0 Å². The molecule has 2 aromatic heterocycles. The van der Waals surface area contributed by atoms with E-state index in [-0.39, 0.29) is 5.41 Å². The van der Waals surface area contributed by atoms with Crippen LogP contribution in [0.2, 0.25) is 0 Å². The lowest BCUT2D eigenvalue weighted by Crippen LogP contribution is -2.25. The number of amidine groups is 1. The highest BCUT2D eigenvalue weighted by Gasteiger charge is 2.13. The Bertz CT molecular complexity index is 1240. The maximum Gasteiger partial charge on any atom is 0.137 e. The zero-order valence-corrected chi connectivity index (χ0v) is 21.9. The van der Waals surface area contributed by atoms with Crippen LogP contribution in [-0.4, -0.2) is 22.3 Å². The number of imidazole rings is 1. The van der Waals surface area contributed by atoms with E-state index in [0.717, 1.165) is 34.2 Å². The number of hydrogen-bond donors (Lipinski definition) is 3. The van der Waals surface area contributed by atoms with E-state index in [1.165, 1.54) is 11.1 Å². The molecule has 0 saturated heterocycles. The van der Waals surface area contributed by atoms with Gasteiger partial charge < -0.3 is 20.4 Å². The molecule has 3 N–H and O–H groups in total. The van der Waals surface area contributed by atoms with Crippen LogP contribution >= 0.6 is 0 Å². The Balaban J connectivity index is 0.00000210. The summed E-state index contributed by atoms with van der Waals surface area (Å²) in [6, 6.07) is 12.0. The quantitative estimate of drug-likeness (QED) is 0.197. The molecule has 35 heavy (non-hydrogen) atoms. The number of rotatable bonds is 7. The van der Waals surface area contributed by atoms with Crippen molar-refractivity contribution in [3.63, 3.8) is 0 Å². The molecule has 0 radical (unpaired) electrons. The van der Waals surface area contributed by atoms with Crippen molar-refractivity contribution in [2.24, 2.45) is 10.4 Å². The fourth-order valence-corrected chi connectivity index (χ4v) is 3.06. The highest BCUT2D eigenvalue weighted by molar-refractivity contribution is 5.95. The molecule has 0 fully saturated rings. The lowest BCUT2D eigenvalue weighted by Gasteiger charge is -2.20. The number of hydrogen-bond acceptors (Lipinski definition) is 4. The first kappa shape index (κ1) is 27.2. The van der Waals surface area contributed by atoms with Gasteiger partial charge in [0.2, 0.25) is 0 Å². The smallest absolute Gasteiger partial charge is 0.137 e. The van der Waals surface area contributed by atoms with Crippen LogP contribution < -0.4 is 16.0 Å². The number of aromatic nitrogens is 2. The van der Waals surface area contributed by atoms with Crippen molar-refractivity contribution in [1.82, 2.24) is 14.7 Å². The lowest BCUT2D eigenvalue weighted by atomic mass is 9.87. The van der Waals surface area contributed by atoms with Gasteiger partial charge in [0.05, 0.1) is 5.70 Å². The molecular formula is C29H38N6. The topological polar surface area (TPSA) is 65.8 Å². The number of nitrogens with one attached hydrogen (secondary N) is 3. The zero-order chi connectivity index (χ0) is 26.2. The van der Waals surface area contributed by atoms with Gasteiger partial charge >= 0.3 is 0 Å². The number of aliphatic imine (C=N–C) groups is 1. The van der Waals surface area contributed by atoms with Gasteiger partial charge in [-0.15, -0.1) is 13.2 Å². The van der Waals surface area contributed by atoms with Gasteiger partial charge in [-0.1, -0.05) is 45.6 Å². The third-order valence-electron chi connectivity index (χ3n) is 5.44. The molecule has 1 aromatic carbocycles. The number of benzene rings is 1. The molecule has 0 unspecified atom stereocenters. The van der Waals surface area contributed by atoms with Crippen LogP contribution in [0.15, 0.2) is 97.6 Å². The van der Waals surface area contributed by atoms with Crippen molar-refractivity contribution in [2.75, 3.05) is 17.7 Å². The SMILES string of the molecule is C=C.C=C(NC(/C=C(\C)C(C)(C)C)=NC)Nc1ccc(NC(=C)c2cn3cc(C)ccc3n2)cc1. The summed E-state index contributed by atoms with van der Waals surface area (Å²) < 4.78 is 2.01. The van der Waals surface area contributed by atoms with Gasteiger partial charge in [-0.2, -0.15) is 0 Å².